The third-order valence-corrected chi connectivity index (χ3v) is 2.99. The van der Waals surface area contributed by atoms with Crippen LogP contribution in [0.1, 0.15) is 29.2 Å². The number of benzene rings is 1. The van der Waals surface area contributed by atoms with Gasteiger partial charge >= 0.3 is 0 Å². The minimum absolute atomic E-state index is 0.0760. The van der Waals surface area contributed by atoms with E-state index in [1.165, 1.54) is 5.56 Å². The Balaban J connectivity index is 2.32. The fraction of sp³-hybridized carbons (Fsp3) is 0.462. The van der Waals surface area contributed by atoms with Crippen LogP contribution in [-0.4, -0.2) is 20.2 Å². The van der Waals surface area contributed by atoms with Gasteiger partial charge in [-0.1, -0.05) is 12.1 Å². The molecule has 1 N–H and O–H groups in total. The molecule has 84 valence electrons. The van der Waals surface area contributed by atoms with Gasteiger partial charge < -0.3 is 10.1 Å². The molecule has 0 radical (unpaired) electrons. The summed E-state index contributed by atoms with van der Waals surface area (Å²) in [6.07, 6.45) is 1.91. The minimum Gasteiger partial charge on any atom is -0.373 e. The van der Waals surface area contributed by atoms with Gasteiger partial charge in [0.1, 0.15) is 0 Å². The number of hydrogen-bond donors (Lipinski definition) is 1. The molecule has 1 aliphatic heterocycles. The molecule has 2 rings (SSSR count). The summed E-state index contributed by atoms with van der Waals surface area (Å²) in [4.78, 5) is 0. The molecule has 0 aliphatic carbocycles. The Morgan fingerprint density at radius 3 is 3.19 bits per heavy atom. The van der Waals surface area contributed by atoms with Gasteiger partial charge in [-0.05, 0) is 38.1 Å². The van der Waals surface area contributed by atoms with Crippen LogP contribution in [0.15, 0.2) is 18.2 Å². The lowest BCUT2D eigenvalue weighted by Crippen LogP contribution is -2.21. The molecule has 0 aromatic heterocycles. The third-order valence-electron chi connectivity index (χ3n) is 2.99. The maximum atomic E-state index is 9.12. The zero-order valence-electron chi connectivity index (χ0n) is 9.49. The molecule has 0 saturated carbocycles. The van der Waals surface area contributed by atoms with E-state index in [1.54, 1.807) is 0 Å². The first-order valence-corrected chi connectivity index (χ1v) is 5.65. The molecular formula is C13H16N2O. The van der Waals surface area contributed by atoms with Crippen molar-refractivity contribution in [3.8, 4) is 6.07 Å². The van der Waals surface area contributed by atoms with E-state index in [0.717, 1.165) is 37.1 Å². The van der Waals surface area contributed by atoms with Crippen molar-refractivity contribution in [3.05, 3.63) is 34.9 Å². The molecular weight excluding hydrogens is 200 g/mol. The molecule has 0 unspecified atom stereocenters. The lowest BCUT2D eigenvalue weighted by molar-refractivity contribution is 0.0369. The maximum Gasteiger partial charge on any atom is 0.0995 e. The molecule has 3 heteroatoms. The van der Waals surface area contributed by atoms with Crippen LogP contribution in [0.25, 0.3) is 0 Å². The molecule has 0 bridgehead atoms. The first kappa shape index (κ1) is 11.1. The van der Waals surface area contributed by atoms with Crippen LogP contribution in [0.5, 0.6) is 0 Å². The first-order chi connectivity index (χ1) is 7.86. The zero-order chi connectivity index (χ0) is 11.4. The Morgan fingerprint density at radius 1 is 1.56 bits per heavy atom. The average Bonchev–Trinajstić information content (AvgIpc) is 2.35. The van der Waals surface area contributed by atoms with Crippen molar-refractivity contribution < 1.29 is 4.74 Å². The SMILES string of the molecule is CNCC[C@H]1OCCc2cccc(C#N)c21. The summed E-state index contributed by atoms with van der Waals surface area (Å²) < 4.78 is 5.76. The van der Waals surface area contributed by atoms with E-state index in [4.69, 9.17) is 10.00 Å². The van der Waals surface area contributed by atoms with Crippen molar-refractivity contribution in [2.75, 3.05) is 20.2 Å². The summed E-state index contributed by atoms with van der Waals surface area (Å²) in [6.45, 7) is 1.67. The molecule has 1 aliphatic rings. The van der Waals surface area contributed by atoms with Crippen LogP contribution >= 0.6 is 0 Å². The number of nitrogens with one attached hydrogen (secondary N) is 1. The zero-order valence-corrected chi connectivity index (χ0v) is 9.49. The van der Waals surface area contributed by atoms with Crippen molar-refractivity contribution in [1.29, 1.82) is 5.26 Å². The average molecular weight is 216 g/mol. The summed E-state index contributed by atoms with van der Waals surface area (Å²) >= 11 is 0. The highest BCUT2D eigenvalue weighted by atomic mass is 16.5. The number of ether oxygens (including phenoxy) is 1. The summed E-state index contributed by atoms with van der Waals surface area (Å²) in [5.74, 6) is 0. The third kappa shape index (κ3) is 2.08. The number of fused-ring (bicyclic) bond motifs is 1. The molecule has 1 aromatic carbocycles. The standard InChI is InChI=1S/C13H16N2O/c1-15-7-5-12-13-10(6-8-16-12)3-2-4-11(13)9-14/h2-4,12,15H,5-8H2,1H3/t12-/m1/s1. The predicted octanol–water partition coefficient (Wildman–Crippen LogP) is 1.78. The Morgan fingerprint density at radius 2 is 2.44 bits per heavy atom. The van der Waals surface area contributed by atoms with Crippen LogP contribution in [-0.2, 0) is 11.2 Å². The van der Waals surface area contributed by atoms with Gasteiger partial charge in [-0.3, -0.25) is 0 Å². The topological polar surface area (TPSA) is 45.0 Å². The summed E-state index contributed by atoms with van der Waals surface area (Å²) in [6, 6.07) is 8.19. The number of nitriles is 1. The van der Waals surface area contributed by atoms with Crippen molar-refractivity contribution in [3.63, 3.8) is 0 Å². The van der Waals surface area contributed by atoms with Gasteiger partial charge in [0, 0.05) is 5.56 Å². The molecule has 1 heterocycles. The Kier molecular flexibility index (Phi) is 3.55. The largest absolute Gasteiger partial charge is 0.373 e. The van der Waals surface area contributed by atoms with Gasteiger partial charge in [-0.15, -0.1) is 0 Å². The maximum absolute atomic E-state index is 9.12. The highest BCUT2D eigenvalue weighted by Crippen LogP contribution is 2.31. The van der Waals surface area contributed by atoms with Crippen molar-refractivity contribution >= 4 is 0 Å². The van der Waals surface area contributed by atoms with E-state index in [9.17, 15) is 0 Å². The fourth-order valence-electron chi connectivity index (χ4n) is 2.21. The van der Waals surface area contributed by atoms with Gasteiger partial charge in [-0.2, -0.15) is 5.26 Å². The highest BCUT2D eigenvalue weighted by Gasteiger charge is 2.23. The molecule has 0 fully saturated rings. The second kappa shape index (κ2) is 5.11. The smallest absolute Gasteiger partial charge is 0.0995 e. The Bertz CT molecular complexity index is 409. The molecule has 1 atom stereocenters. The molecule has 1 aromatic rings. The minimum atomic E-state index is 0.0760. The number of rotatable bonds is 3. The van der Waals surface area contributed by atoms with Crippen molar-refractivity contribution in [1.82, 2.24) is 5.32 Å². The number of hydrogen-bond acceptors (Lipinski definition) is 3. The van der Waals surface area contributed by atoms with Crippen LogP contribution in [0, 0.1) is 11.3 Å². The lowest BCUT2D eigenvalue weighted by atomic mass is 9.91. The summed E-state index contributed by atoms with van der Waals surface area (Å²) in [5.41, 5.74) is 3.14. The summed E-state index contributed by atoms with van der Waals surface area (Å²) in [7, 11) is 1.93. The molecule has 0 spiro atoms. The number of nitrogens with zero attached hydrogens (tertiary/aromatic N) is 1. The van der Waals surface area contributed by atoms with E-state index in [2.05, 4.69) is 17.5 Å². The summed E-state index contributed by atoms with van der Waals surface area (Å²) in [5, 5.41) is 12.2. The van der Waals surface area contributed by atoms with Crippen LogP contribution < -0.4 is 5.32 Å². The van der Waals surface area contributed by atoms with Crippen LogP contribution in [0.4, 0.5) is 0 Å². The van der Waals surface area contributed by atoms with E-state index in [-0.39, 0.29) is 6.10 Å². The normalized spacial score (nSPS) is 18.9. The van der Waals surface area contributed by atoms with Crippen molar-refractivity contribution in [2.24, 2.45) is 0 Å². The van der Waals surface area contributed by atoms with Crippen LogP contribution in [0.3, 0.4) is 0 Å². The van der Waals surface area contributed by atoms with Crippen molar-refractivity contribution in [2.45, 2.75) is 18.9 Å². The second-order valence-corrected chi connectivity index (χ2v) is 3.99. The fourth-order valence-corrected chi connectivity index (χ4v) is 2.21. The second-order valence-electron chi connectivity index (χ2n) is 3.99. The molecule has 0 saturated heterocycles. The monoisotopic (exact) mass is 216 g/mol. The quantitative estimate of drug-likeness (QED) is 0.837. The van der Waals surface area contributed by atoms with E-state index < -0.39 is 0 Å². The van der Waals surface area contributed by atoms with E-state index >= 15 is 0 Å². The lowest BCUT2D eigenvalue weighted by Gasteiger charge is -2.27. The van der Waals surface area contributed by atoms with Gasteiger partial charge in [0.05, 0.1) is 24.3 Å². The first-order valence-electron chi connectivity index (χ1n) is 5.65. The predicted molar refractivity (Wildman–Crippen MR) is 62.1 cm³/mol. The Hall–Kier alpha value is -1.37. The van der Waals surface area contributed by atoms with E-state index in [0.29, 0.717) is 0 Å². The molecule has 0 amide bonds. The molecule has 3 nitrogen and oxygen atoms in total. The van der Waals surface area contributed by atoms with E-state index in [1.807, 2.05) is 19.2 Å². The molecule has 16 heavy (non-hydrogen) atoms. The Labute approximate surface area is 96.0 Å². The van der Waals surface area contributed by atoms with Gasteiger partial charge in [0.2, 0.25) is 0 Å². The highest BCUT2D eigenvalue weighted by molar-refractivity contribution is 5.45. The van der Waals surface area contributed by atoms with Crippen LogP contribution in [0.2, 0.25) is 0 Å². The van der Waals surface area contributed by atoms with Gasteiger partial charge in [0.15, 0.2) is 0 Å². The van der Waals surface area contributed by atoms with Gasteiger partial charge in [0.25, 0.3) is 0 Å². The van der Waals surface area contributed by atoms with Gasteiger partial charge in [-0.25, -0.2) is 0 Å².